The van der Waals surface area contributed by atoms with Crippen molar-refractivity contribution in [2.24, 2.45) is 10.8 Å². The standard InChI is InChI=1S/C26H32FN3O4S/c1-25(2)13-21-14-26(3,16-25)17-30(21)35(33,34)22-10-5-7-18(11-22)24(32)29(4)15-23(31)28-20-9-6-8-19(27)12-20/h5-12,21H,13-17H2,1-4H3,(H,28,31)/t21-,26-/m0/s1. The molecule has 1 heterocycles. The van der Waals surface area contributed by atoms with Crippen LogP contribution in [-0.2, 0) is 14.8 Å². The molecule has 0 radical (unpaired) electrons. The summed E-state index contributed by atoms with van der Waals surface area (Å²) in [6.07, 6.45) is 2.63. The molecular formula is C26H32FN3O4S. The van der Waals surface area contributed by atoms with E-state index in [0.29, 0.717) is 6.54 Å². The number of likely N-dealkylation sites (N-methyl/N-ethyl adjacent to an activating group) is 1. The van der Waals surface area contributed by atoms with Gasteiger partial charge in [-0.05, 0) is 66.5 Å². The second kappa shape index (κ2) is 9.02. The molecule has 0 spiro atoms. The molecule has 2 bridgehead atoms. The Labute approximate surface area is 206 Å². The van der Waals surface area contributed by atoms with Crippen molar-refractivity contribution < 1.29 is 22.4 Å². The third kappa shape index (κ3) is 5.41. The number of fused-ring (bicyclic) bond motifs is 2. The first-order valence-electron chi connectivity index (χ1n) is 11.7. The zero-order chi connectivity index (χ0) is 25.6. The Morgan fingerprint density at radius 3 is 2.54 bits per heavy atom. The average Bonchev–Trinajstić information content (AvgIpc) is 3.02. The highest BCUT2D eigenvalue weighted by Gasteiger charge is 2.53. The molecule has 2 fully saturated rings. The Hall–Kier alpha value is -2.78. The quantitative estimate of drug-likeness (QED) is 0.645. The normalized spacial score (nSPS) is 23.6. The van der Waals surface area contributed by atoms with Gasteiger partial charge < -0.3 is 10.2 Å². The number of sulfonamides is 1. The Morgan fingerprint density at radius 1 is 1.11 bits per heavy atom. The van der Waals surface area contributed by atoms with Crippen molar-refractivity contribution in [2.45, 2.75) is 51.0 Å². The van der Waals surface area contributed by atoms with Gasteiger partial charge in [-0.2, -0.15) is 4.31 Å². The van der Waals surface area contributed by atoms with Crippen LogP contribution in [-0.4, -0.2) is 55.6 Å². The molecule has 0 unspecified atom stereocenters. The van der Waals surface area contributed by atoms with Crippen LogP contribution in [0.3, 0.4) is 0 Å². The van der Waals surface area contributed by atoms with Gasteiger partial charge in [-0.25, -0.2) is 12.8 Å². The largest absolute Gasteiger partial charge is 0.332 e. The lowest BCUT2D eigenvalue weighted by atomic mass is 9.65. The third-order valence-electron chi connectivity index (χ3n) is 6.89. The van der Waals surface area contributed by atoms with Crippen molar-refractivity contribution in [3.05, 3.63) is 59.9 Å². The summed E-state index contributed by atoms with van der Waals surface area (Å²) in [4.78, 5) is 26.6. The number of carbonyl (C=O) groups excluding carboxylic acids is 2. The van der Waals surface area contributed by atoms with Crippen LogP contribution in [0.4, 0.5) is 10.1 Å². The molecule has 1 aliphatic carbocycles. The number of rotatable bonds is 6. The molecule has 0 aromatic heterocycles. The molecule has 1 saturated heterocycles. The van der Waals surface area contributed by atoms with E-state index < -0.39 is 27.7 Å². The lowest BCUT2D eigenvalue weighted by molar-refractivity contribution is -0.116. The molecule has 4 rings (SSSR count). The van der Waals surface area contributed by atoms with Gasteiger partial charge in [0, 0.05) is 30.9 Å². The van der Waals surface area contributed by atoms with Crippen LogP contribution in [0.5, 0.6) is 0 Å². The minimum Gasteiger partial charge on any atom is -0.332 e. The Kier molecular flexibility index (Phi) is 6.53. The molecular weight excluding hydrogens is 469 g/mol. The van der Waals surface area contributed by atoms with Gasteiger partial charge in [-0.1, -0.05) is 32.9 Å². The maximum absolute atomic E-state index is 13.6. The number of halogens is 1. The molecule has 2 aromatic carbocycles. The van der Waals surface area contributed by atoms with E-state index in [2.05, 4.69) is 26.1 Å². The van der Waals surface area contributed by atoms with Gasteiger partial charge in [0.2, 0.25) is 15.9 Å². The van der Waals surface area contributed by atoms with Crippen LogP contribution in [0, 0.1) is 16.6 Å². The highest BCUT2D eigenvalue weighted by Crippen LogP contribution is 2.53. The summed E-state index contributed by atoms with van der Waals surface area (Å²) in [7, 11) is -2.32. The lowest BCUT2D eigenvalue weighted by Crippen LogP contribution is -2.38. The minimum atomic E-state index is -3.78. The summed E-state index contributed by atoms with van der Waals surface area (Å²) in [6.45, 7) is 6.73. The van der Waals surface area contributed by atoms with Crippen molar-refractivity contribution in [3.8, 4) is 0 Å². The molecule has 2 amide bonds. The number of amides is 2. The van der Waals surface area contributed by atoms with E-state index in [1.54, 1.807) is 16.4 Å². The van der Waals surface area contributed by atoms with E-state index in [4.69, 9.17) is 0 Å². The van der Waals surface area contributed by atoms with Crippen molar-refractivity contribution in [2.75, 3.05) is 25.5 Å². The number of anilines is 1. The lowest BCUT2D eigenvalue weighted by Gasteiger charge is -2.39. The van der Waals surface area contributed by atoms with Crippen LogP contribution >= 0.6 is 0 Å². The summed E-state index contributed by atoms with van der Waals surface area (Å²) in [5.74, 6) is -1.45. The topological polar surface area (TPSA) is 86.8 Å². The first kappa shape index (κ1) is 25.3. The van der Waals surface area contributed by atoms with Gasteiger partial charge in [0.1, 0.15) is 5.82 Å². The summed E-state index contributed by atoms with van der Waals surface area (Å²) in [5, 5.41) is 2.55. The van der Waals surface area contributed by atoms with E-state index in [9.17, 15) is 22.4 Å². The number of carbonyl (C=O) groups is 2. The monoisotopic (exact) mass is 501 g/mol. The maximum atomic E-state index is 13.6. The fourth-order valence-electron chi connectivity index (χ4n) is 5.89. The van der Waals surface area contributed by atoms with Crippen molar-refractivity contribution >= 4 is 27.5 Å². The predicted molar refractivity (Wildman–Crippen MR) is 132 cm³/mol. The molecule has 1 saturated carbocycles. The van der Waals surface area contributed by atoms with E-state index >= 15 is 0 Å². The first-order valence-corrected chi connectivity index (χ1v) is 13.1. The van der Waals surface area contributed by atoms with E-state index in [1.165, 1.54) is 48.3 Å². The fourth-order valence-corrected chi connectivity index (χ4v) is 7.71. The third-order valence-corrected chi connectivity index (χ3v) is 8.78. The first-order chi connectivity index (χ1) is 16.3. The number of hydrogen-bond acceptors (Lipinski definition) is 4. The Morgan fingerprint density at radius 2 is 1.83 bits per heavy atom. The number of nitrogens with one attached hydrogen (secondary N) is 1. The van der Waals surface area contributed by atoms with Gasteiger partial charge in [-0.15, -0.1) is 0 Å². The molecule has 2 atom stereocenters. The molecule has 2 aromatic rings. The summed E-state index contributed by atoms with van der Waals surface area (Å²) < 4.78 is 42.1. The maximum Gasteiger partial charge on any atom is 0.254 e. The molecule has 35 heavy (non-hydrogen) atoms. The zero-order valence-corrected chi connectivity index (χ0v) is 21.4. The Balaban J connectivity index is 1.48. The Bertz CT molecular complexity index is 1260. The molecule has 9 heteroatoms. The van der Waals surface area contributed by atoms with E-state index in [-0.39, 0.29) is 39.6 Å². The molecule has 188 valence electrons. The van der Waals surface area contributed by atoms with Crippen LogP contribution in [0.2, 0.25) is 0 Å². The van der Waals surface area contributed by atoms with Crippen LogP contribution in [0.1, 0.15) is 50.4 Å². The molecule has 1 aliphatic heterocycles. The van der Waals surface area contributed by atoms with Crippen LogP contribution in [0.25, 0.3) is 0 Å². The molecule has 1 N–H and O–H groups in total. The minimum absolute atomic E-state index is 0.0534. The van der Waals surface area contributed by atoms with Crippen LogP contribution < -0.4 is 5.32 Å². The molecule has 7 nitrogen and oxygen atoms in total. The van der Waals surface area contributed by atoms with Gasteiger partial charge in [0.05, 0.1) is 11.4 Å². The SMILES string of the molecule is CN(CC(=O)Nc1cccc(F)c1)C(=O)c1cccc(S(=O)(=O)N2C[C@@]3(C)C[C@@H]2CC(C)(C)C3)c1. The summed E-state index contributed by atoms with van der Waals surface area (Å²) >= 11 is 0. The predicted octanol–water partition coefficient (Wildman–Crippen LogP) is 4.13. The smallest absolute Gasteiger partial charge is 0.254 e. The van der Waals surface area contributed by atoms with E-state index in [0.717, 1.165) is 19.3 Å². The summed E-state index contributed by atoms with van der Waals surface area (Å²) in [5.41, 5.74) is 0.494. The highest BCUT2D eigenvalue weighted by molar-refractivity contribution is 7.89. The second-order valence-corrected chi connectivity index (χ2v) is 12.9. The zero-order valence-electron chi connectivity index (χ0n) is 20.5. The highest BCUT2D eigenvalue weighted by atomic mass is 32.2. The second-order valence-electron chi connectivity index (χ2n) is 11.0. The van der Waals surface area contributed by atoms with Crippen molar-refractivity contribution in [3.63, 3.8) is 0 Å². The number of nitrogens with zero attached hydrogens (tertiary/aromatic N) is 2. The summed E-state index contributed by atoms with van der Waals surface area (Å²) in [6, 6.07) is 11.4. The molecule has 2 aliphatic rings. The van der Waals surface area contributed by atoms with Crippen molar-refractivity contribution in [1.29, 1.82) is 0 Å². The average molecular weight is 502 g/mol. The van der Waals surface area contributed by atoms with E-state index in [1.807, 2.05) is 0 Å². The van der Waals surface area contributed by atoms with Crippen molar-refractivity contribution in [1.82, 2.24) is 9.21 Å². The van der Waals surface area contributed by atoms with Gasteiger partial charge in [0.25, 0.3) is 5.91 Å². The van der Waals surface area contributed by atoms with Gasteiger partial charge in [-0.3, -0.25) is 9.59 Å². The van der Waals surface area contributed by atoms with Gasteiger partial charge in [0.15, 0.2) is 0 Å². The fraction of sp³-hybridized carbons (Fsp3) is 0.462. The van der Waals surface area contributed by atoms with Gasteiger partial charge >= 0.3 is 0 Å². The number of hydrogen-bond donors (Lipinski definition) is 1. The number of benzene rings is 2. The van der Waals surface area contributed by atoms with Crippen LogP contribution in [0.15, 0.2) is 53.4 Å².